The Kier molecular flexibility index (Phi) is 6.65. The van der Waals surface area contributed by atoms with Gasteiger partial charge in [-0.05, 0) is 23.3 Å². The fourth-order valence-corrected chi connectivity index (χ4v) is 3.24. The monoisotopic (exact) mass is 301 g/mol. The Morgan fingerprint density at radius 2 is 2.32 bits per heavy atom. The fraction of sp³-hybridized carbons (Fsp3) is 0.455. The summed E-state index contributed by atoms with van der Waals surface area (Å²) in [5, 5.41) is 14.1. The lowest BCUT2D eigenvalue weighted by Gasteiger charge is -2.08. The lowest BCUT2D eigenvalue weighted by molar-refractivity contribution is -0.385. The van der Waals surface area contributed by atoms with Crippen molar-refractivity contribution in [3.8, 4) is 0 Å². The van der Waals surface area contributed by atoms with E-state index in [1.807, 2.05) is 6.92 Å². The van der Waals surface area contributed by atoms with E-state index in [0.29, 0.717) is 11.7 Å². The largest absolute Gasteiger partial charge is 0.359 e. The summed E-state index contributed by atoms with van der Waals surface area (Å²) in [6.45, 7) is 2.03. The third kappa shape index (κ3) is 5.93. The van der Waals surface area contributed by atoms with Crippen LogP contribution in [0, 0.1) is 10.1 Å². The van der Waals surface area contributed by atoms with Gasteiger partial charge in [0.25, 0.3) is 5.69 Å². The predicted octanol–water partition coefficient (Wildman–Crippen LogP) is 2.64. The number of nitrogens with one attached hydrogen (secondary N) is 1. The van der Waals surface area contributed by atoms with Crippen molar-refractivity contribution >= 4 is 33.2 Å². The molecule has 6 nitrogen and oxygen atoms in total. The Balaban J connectivity index is 2.35. The highest BCUT2D eigenvalue weighted by atomic mass is 33.1. The molecule has 1 amide bonds. The Labute approximate surface area is 119 Å². The second-order valence-corrected chi connectivity index (χ2v) is 6.47. The molecule has 0 saturated heterocycles. The maximum absolute atomic E-state index is 11.1. The quantitative estimate of drug-likeness (QED) is 0.473. The van der Waals surface area contributed by atoms with Gasteiger partial charge in [0, 0.05) is 24.8 Å². The number of rotatable bonds is 7. The maximum Gasteiger partial charge on any atom is 0.287 e. The van der Waals surface area contributed by atoms with E-state index in [1.54, 1.807) is 23.9 Å². The molecular weight excluding hydrogens is 286 g/mol. The van der Waals surface area contributed by atoms with Crippen LogP contribution in [0.4, 0.5) is 5.69 Å². The second-order valence-electron chi connectivity index (χ2n) is 3.81. The number of nitrogens with zero attached hydrogens (tertiary/aromatic N) is 2. The second kappa shape index (κ2) is 8.00. The van der Waals surface area contributed by atoms with Crippen molar-refractivity contribution in [2.75, 3.05) is 7.05 Å². The molecule has 1 aromatic rings. The average molecular weight is 301 g/mol. The molecule has 0 aliphatic rings. The molecule has 1 heterocycles. The molecule has 1 atom stereocenters. The molecule has 0 fully saturated rings. The minimum absolute atomic E-state index is 0.0120. The highest BCUT2D eigenvalue weighted by molar-refractivity contribution is 8.76. The van der Waals surface area contributed by atoms with Crippen LogP contribution < -0.4 is 5.32 Å². The lowest BCUT2D eigenvalue weighted by Crippen LogP contribution is -2.18. The summed E-state index contributed by atoms with van der Waals surface area (Å²) in [5.74, 6) is 0.0333. The van der Waals surface area contributed by atoms with E-state index in [1.165, 1.54) is 23.1 Å². The van der Waals surface area contributed by atoms with Crippen molar-refractivity contribution < 1.29 is 9.72 Å². The molecule has 0 aromatic carbocycles. The van der Waals surface area contributed by atoms with Gasteiger partial charge in [-0.2, -0.15) is 0 Å². The highest BCUT2D eigenvalue weighted by Crippen LogP contribution is 2.35. The molecule has 1 unspecified atom stereocenters. The summed E-state index contributed by atoms with van der Waals surface area (Å²) < 4.78 is 0. The molecule has 1 aromatic heterocycles. The van der Waals surface area contributed by atoms with Gasteiger partial charge in [-0.15, -0.1) is 0 Å². The van der Waals surface area contributed by atoms with Gasteiger partial charge in [-0.25, -0.2) is 4.98 Å². The van der Waals surface area contributed by atoms with Crippen molar-refractivity contribution in [3.63, 3.8) is 0 Å². The van der Waals surface area contributed by atoms with Gasteiger partial charge < -0.3 is 5.32 Å². The van der Waals surface area contributed by atoms with E-state index >= 15 is 0 Å². The van der Waals surface area contributed by atoms with Gasteiger partial charge >= 0.3 is 0 Å². The molecular formula is C11H15N3O3S2. The fourth-order valence-electron chi connectivity index (χ4n) is 1.17. The summed E-state index contributed by atoms with van der Waals surface area (Å²) in [4.78, 5) is 25.1. The topological polar surface area (TPSA) is 85.1 Å². The van der Waals surface area contributed by atoms with Gasteiger partial charge in [0.1, 0.15) is 11.2 Å². The minimum atomic E-state index is -0.472. The zero-order valence-corrected chi connectivity index (χ0v) is 12.3. The van der Waals surface area contributed by atoms with Crippen molar-refractivity contribution in [3.05, 3.63) is 28.4 Å². The first kappa shape index (κ1) is 15.8. The standard InChI is InChI=1S/C11H15N3O3S2/c1-8(3-5-10(15)12-2)18-19-11-6-4-9(7-13-11)14(16)17/h4,6-8H,3,5H2,1-2H3,(H,12,15). The van der Waals surface area contributed by atoms with E-state index in [-0.39, 0.29) is 11.6 Å². The SMILES string of the molecule is CNC(=O)CCC(C)SSc1ccc([N+](=O)[O-])cn1. The van der Waals surface area contributed by atoms with Crippen molar-refractivity contribution in [1.82, 2.24) is 10.3 Å². The van der Waals surface area contributed by atoms with Gasteiger partial charge in [0.2, 0.25) is 5.91 Å². The van der Waals surface area contributed by atoms with Crippen molar-refractivity contribution in [2.24, 2.45) is 0 Å². The maximum atomic E-state index is 11.1. The summed E-state index contributed by atoms with van der Waals surface area (Å²) in [6.07, 6.45) is 2.53. The molecule has 19 heavy (non-hydrogen) atoms. The van der Waals surface area contributed by atoms with Crippen LogP contribution in [0.3, 0.4) is 0 Å². The van der Waals surface area contributed by atoms with E-state index in [9.17, 15) is 14.9 Å². The third-order valence-corrected chi connectivity index (χ3v) is 5.15. The molecule has 0 radical (unpaired) electrons. The number of nitro groups is 1. The lowest BCUT2D eigenvalue weighted by atomic mass is 10.2. The Morgan fingerprint density at radius 3 is 2.84 bits per heavy atom. The van der Waals surface area contributed by atoms with E-state index in [4.69, 9.17) is 0 Å². The summed E-state index contributed by atoms with van der Waals surface area (Å²) >= 11 is 0. The molecule has 1 rings (SSSR count). The molecule has 1 N–H and O–H groups in total. The molecule has 0 spiro atoms. The molecule has 8 heteroatoms. The van der Waals surface area contributed by atoms with Crippen LogP contribution in [0.5, 0.6) is 0 Å². The molecule has 104 valence electrons. The number of amides is 1. The molecule has 0 bridgehead atoms. The van der Waals surface area contributed by atoms with E-state index < -0.39 is 4.92 Å². The van der Waals surface area contributed by atoms with Gasteiger partial charge in [0.05, 0.1) is 4.92 Å². The zero-order chi connectivity index (χ0) is 14.3. The zero-order valence-electron chi connectivity index (χ0n) is 10.7. The Hall–Kier alpha value is -1.28. The highest BCUT2D eigenvalue weighted by Gasteiger charge is 2.09. The van der Waals surface area contributed by atoms with Crippen molar-refractivity contribution in [1.29, 1.82) is 0 Å². The van der Waals surface area contributed by atoms with E-state index in [2.05, 4.69) is 10.3 Å². The van der Waals surface area contributed by atoms with Crippen LogP contribution in [-0.4, -0.2) is 28.1 Å². The number of hydrogen-bond donors (Lipinski definition) is 1. The van der Waals surface area contributed by atoms with Gasteiger partial charge in [0.15, 0.2) is 0 Å². The summed E-state index contributed by atoms with van der Waals surface area (Å²) in [5.41, 5.74) is -0.0120. The van der Waals surface area contributed by atoms with Crippen LogP contribution >= 0.6 is 21.6 Å². The van der Waals surface area contributed by atoms with Gasteiger partial charge in [-0.1, -0.05) is 17.7 Å². The number of carbonyl (C=O) groups is 1. The van der Waals surface area contributed by atoms with Crippen LogP contribution in [0.2, 0.25) is 0 Å². The Bertz CT molecular complexity index is 439. The first-order valence-corrected chi connectivity index (χ1v) is 7.88. The number of carbonyl (C=O) groups excluding carboxylic acids is 1. The minimum Gasteiger partial charge on any atom is -0.359 e. The number of pyridine rings is 1. The van der Waals surface area contributed by atoms with Crippen LogP contribution in [0.15, 0.2) is 23.4 Å². The third-order valence-electron chi connectivity index (χ3n) is 2.29. The van der Waals surface area contributed by atoms with Gasteiger partial charge in [-0.3, -0.25) is 14.9 Å². The predicted molar refractivity (Wildman–Crippen MR) is 77.1 cm³/mol. The number of hydrogen-bond acceptors (Lipinski definition) is 6. The number of aromatic nitrogens is 1. The molecule has 0 saturated carbocycles. The summed E-state index contributed by atoms with van der Waals surface area (Å²) in [6, 6.07) is 3.06. The van der Waals surface area contributed by atoms with Crippen LogP contribution in [0.25, 0.3) is 0 Å². The summed E-state index contributed by atoms with van der Waals surface area (Å²) in [7, 11) is 4.68. The molecule has 0 aliphatic carbocycles. The normalized spacial score (nSPS) is 11.9. The average Bonchev–Trinajstić information content (AvgIpc) is 2.42. The molecule has 0 aliphatic heterocycles. The van der Waals surface area contributed by atoms with Crippen molar-refractivity contribution in [2.45, 2.75) is 30.0 Å². The van der Waals surface area contributed by atoms with Crippen LogP contribution in [0.1, 0.15) is 19.8 Å². The Morgan fingerprint density at radius 1 is 1.58 bits per heavy atom. The first-order valence-electron chi connectivity index (χ1n) is 5.67. The van der Waals surface area contributed by atoms with Crippen LogP contribution in [-0.2, 0) is 4.79 Å². The van der Waals surface area contributed by atoms with E-state index in [0.717, 1.165) is 11.4 Å². The smallest absolute Gasteiger partial charge is 0.287 e. The first-order chi connectivity index (χ1) is 9.02.